The van der Waals surface area contributed by atoms with E-state index in [9.17, 15) is 4.79 Å². The van der Waals surface area contributed by atoms with Crippen LogP contribution in [0.3, 0.4) is 0 Å². The van der Waals surface area contributed by atoms with E-state index >= 15 is 0 Å². The van der Waals surface area contributed by atoms with Gasteiger partial charge in [0.2, 0.25) is 6.08 Å². The first-order chi connectivity index (χ1) is 10.7. The lowest BCUT2D eigenvalue weighted by atomic mass is 9.84. The molecule has 0 saturated carbocycles. The SMILES string of the molecule is CCC(CC=Cc1ccccc1)(N=C=O)c1ccc(C)cc1. The van der Waals surface area contributed by atoms with Crippen molar-refractivity contribution in [1.82, 2.24) is 0 Å². The molecular weight excluding hydrogens is 270 g/mol. The van der Waals surface area contributed by atoms with Crippen molar-refractivity contribution in [3.63, 3.8) is 0 Å². The summed E-state index contributed by atoms with van der Waals surface area (Å²) in [6, 6.07) is 18.3. The minimum atomic E-state index is -0.527. The van der Waals surface area contributed by atoms with Crippen molar-refractivity contribution in [3.05, 3.63) is 77.4 Å². The third-order valence-corrected chi connectivity index (χ3v) is 4.00. The molecule has 0 N–H and O–H groups in total. The molecule has 1 unspecified atom stereocenters. The molecule has 2 rings (SSSR count). The van der Waals surface area contributed by atoms with Crippen LogP contribution in [0.1, 0.15) is 36.5 Å². The van der Waals surface area contributed by atoms with Crippen LogP contribution in [0.15, 0.2) is 65.7 Å². The van der Waals surface area contributed by atoms with Crippen LogP contribution in [0.25, 0.3) is 6.08 Å². The molecule has 0 heterocycles. The molecule has 0 aliphatic carbocycles. The van der Waals surface area contributed by atoms with Crippen molar-refractivity contribution in [2.75, 3.05) is 0 Å². The predicted molar refractivity (Wildman–Crippen MR) is 91.4 cm³/mol. The summed E-state index contributed by atoms with van der Waals surface area (Å²) in [7, 11) is 0. The second kappa shape index (κ2) is 7.53. The summed E-state index contributed by atoms with van der Waals surface area (Å²) in [6.07, 6.45) is 7.35. The van der Waals surface area contributed by atoms with E-state index in [0.29, 0.717) is 6.42 Å². The lowest BCUT2D eigenvalue weighted by molar-refractivity contribution is 0.431. The van der Waals surface area contributed by atoms with Crippen LogP contribution in [0.4, 0.5) is 0 Å². The molecule has 0 fully saturated rings. The van der Waals surface area contributed by atoms with E-state index in [1.807, 2.05) is 18.2 Å². The second-order valence-corrected chi connectivity index (χ2v) is 5.47. The summed E-state index contributed by atoms with van der Waals surface area (Å²) in [5.41, 5.74) is 2.87. The molecule has 0 aliphatic rings. The first kappa shape index (κ1) is 15.9. The second-order valence-electron chi connectivity index (χ2n) is 5.47. The van der Waals surface area contributed by atoms with Crippen molar-refractivity contribution in [1.29, 1.82) is 0 Å². The maximum Gasteiger partial charge on any atom is 0.235 e. The Balaban J connectivity index is 2.27. The van der Waals surface area contributed by atoms with Crippen LogP contribution < -0.4 is 0 Å². The normalized spacial score (nSPS) is 13.5. The smallest absolute Gasteiger partial charge is 0.211 e. The molecule has 0 saturated heterocycles. The standard InChI is InChI=1S/C20H21NO/c1-3-20(21-16-22,19-13-11-17(2)12-14-19)15-7-10-18-8-5-4-6-9-18/h4-14H,3,15H2,1-2H3. The molecule has 2 aromatic rings. The molecule has 112 valence electrons. The number of isocyanates is 1. The lowest BCUT2D eigenvalue weighted by Gasteiger charge is -2.26. The molecule has 22 heavy (non-hydrogen) atoms. The molecule has 2 heteroatoms. The topological polar surface area (TPSA) is 29.4 Å². The molecule has 0 aromatic heterocycles. The van der Waals surface area contributed by atoms with E-state index in [-0.39, 0.29) is 0 Å². The Bertz CT molecular complexity index is 667. The summed E-state index contributed by atoms with van der Waals surface area (Å²) in [5.74, 6) is 0. The molecule has 0 aliphatic heterocycles. The summed E-state index contributed by atoms with van der Waals surface area (Å²) in [4.78, 5) is 15.1. The van der Waals surface area contributed by atoms with Crippen LogP contribution in [0.5, 0.6) is 0 Å². The Hall–Kier alpha value is -2.44. The number of hydrogen-bond donors (Lipinski definition) is 0. The fraction of sp³-hybridized carbons (Fsp3) is 0.250. The summed E-state index contributed by atoms with van der Waals surface area (Å²) >= 11 is 0. The van der Waals surface area contributed by atoms with E-state index < -0.39 is 5.54 Å². The predicted octanol–water partition coefficient (Wildman–Crippen LogP) is 5.04. The van der Waals surface area contributed by atoms with Crippen LogP contribution in [0, 0.1) is 6.92 Å². The van der Waals surface area contributed by atoms with Gasteiger partial charge in [0.25, 0.3) is 0 Å². The Kier molecular flexibility index (Phi) is 5.46. The van der Waals surface area contributed by atoms with Gasteiger partial charge in [-0.15, -0.1) is 0 Å². The zero-order chi connectivity index (χ0) is 15.8. The third-order valence-electron chi connectivity index (χ3n) is 4.00. The third kappa shape index (κ3) is 3.81. The highest BCUT2D eigenvalue weighted by atomic mass is 16.1. The van der Waals surface area contributed by atoms with Crippen molar-refractivity contribution in [2.24, 2.45) is 4.99 Å². The Morgan fingerprint density at radius 1 is 1.09 bits per heavy atom. The highest BCUT2D eigenvalue weighted by molar-refractivity contribution is 5.49. The summed E-state index contributed by atoms with van der Waals surface area (Å²) in [5, 5.41) is 0. The van der Waals surface area contributed by atoms with E-state index in [1.165, 1.54) is 5.56 Å². The number of hydrogen-bond acceptors (Lipinski definition) is 2. The minimum Gasteiger partial charge on any atom is -0.211 e. The fourth-order valence-electron chi connectivity index (χ4n) is 2.56. The maximum atomic E-state index is 10.9. The van der Waals surface area contributed by atoms with Crippen molar-refractivity contribution in [3.8, 4) is 0 Å². The minimum absolute atomic E-state index is 0.527. The van der Waals surface area contributed by atoms with Crippen molar-refractivity contribution < 1.29 is 4.79 Å². The van der Waals surface area contributed by atoms with E-state index in [1.54, 1.807) is 6.08 Å². The van der Waals surface area contributed by atoms with Gasteiger partial charge >= 0.3 is 0 Å². The quantitative estimate of drug-likeness (QED) is 0.541. The van der Waals surface area contributed by atoms with Crippen LogP contribution in [-0.4, -0.2) is 6.08 Å². The first-order valence-electron chi connectivity index (χ1n) is 7.58. The highest BCUT2D eigenvalue weighted by Gasteiger charge is 2.28. The zero-order valence-electron chi connectivity index (χ0n) is 13.1. The van der Waals surface area contributed by atoms with Gasteiger partial charge in [-0.1, -0.05) is 79.2 Å². The van der Waals surface area contributed by atoms with Crippen molar-refractivity contribution >= 4 is 12.2 Å². The van der Waals surface area contributed by atoms with Crippen LogP contribution in [-0.2, 0) is 10.3 Å². The number of nitrogens with zero attached hydrogens (tertiary/aromatic N) is 1. The largest absolute Gasteiger partial charge is 0.235 e. The molecule has 0 bridgehead atoms. The number of aryl methyl sites for hydroxylation is 1. The van der Waals surface area contributed by atoms with Gasteiger partial charge < -0.3 is 0 Å². The molecule has 0 radical (unpaired) electrons. The van der Waals surface area contributed by atoms with Gasteiger partial charge in [-0.05, 0) is 30.9 Å². The average Bonchev–Trinajstić information content (AvgIpc) is 2.56. The molecular formula is C20H21NO. The zero-order valence-corrected chi connectivity index (χ0v) is 13.1. The van der Waals surface area contributed by atoms with Crippen LogP contribution >= 0.6 is 0 Å². The van der Waals surface area contributed by atoms with Gasteiger partial charge in [0, 0.05) is 0 Å². The monoisotopic (exact) mass is 291 g/mol. The molecule has 2 nitrogen and oxygen atoms in total. The highest BCUT2D eigenvalue weighted by Crippen LogP contribution is 2.34. The number of rotatable bonds is 6. The maximum absolute atomic E-state index is 10.9. The first-order valence-corrected chi connectivity index (χ1v) is 7.58. The van der Waals surface area contributed by atoms with Gasteiger partial charge in [0.15, 0.2) is 0 Å². The van der Waals surface area contributed by atoms with Gasteiger partial charge in [-0.25, -0.2) is 4.79 Å². The fourth-order valence-corrected chi connectivity index (χ4v) is 2.56. The summed E-state index contributed by atoms with van der Waals surface area (Å²) < 4.78 is 0. The number of aliphatic imine (C=N–C) groups is 1. The lowest BCUT2D eigenvalue weighted by Crippen LogP contribution is -2.21. The average molecular weight is 291 g/mol. The van der Waals surface area contributed by atoms with E-state index in [0.717, 1.165) is 17.5 Å². The van der Waals surface area contributed by atoms with Gasteiger partial charge in [-0.3, -0.25) is 0 Å². The van der Waals surface area contributed by atoms with Gasteiger partial charge in [0.1, 0.15) is 5.54 Å². The summed E-state index contributed by atoms with van der Waals surface area (Å²) in [6.45, 7) is 4.10. The Morgan fingerprint density at radius 2 is 1.77 bits per heavy atom. The van der Waals surface area contributed by atoms with Gasteiger partial charge in [-0.2, -0.15) is 4.99 Å². The molecule has 1 atom stereocenters. The molecule has 0 amide bonds. The Labute approximate surface area is 132 Å². The molecule has 2 aromatic carbocycles. The van der Waals surface area contributed by atoms with Crippen molar-refractivity contribution in [2.45, 2.75) is 32.2 Å². The van der Waals surface area contributed by atoms with Gasteiger partial charge in [0.05, 0.1) is 0 Å². The number of benzene rings is 2. The van der Waals surface area contributed by atoms with Crippen LogP contribution in [0.2, 0.25) is 0 Å². The molecule has 0 spiro atoms. The van der Waals surface area contributed by atoms with E-state index in [2.05, 4.69) is 67.4 Å². The van der Waals surface area contributed by atoms with E-state index in [4.69, 9.17) is 0 Å². The Morgan fingerprint density at radius 3 is 2.36 bits per heavy atom. The number of carbonyl (C=O) groups excluding carboxylic acids is 1.